The van der Waals surface area contributed by atoms with E-state index in [0.717, 1.165) is 16.9 Å². The summed E-state index contributed by atoms with van der Waals surface area (Å²) in [5.74, 6) is 0.719. The van der Waals surface area contributed by atoms with E-state index < -0.39 is 0 Å². The molecule has 0 aliphatic rings. The third kappa shape index (κ3) is 2.08. The fourth-order valence-electron chi connectivity index (χ4n) is 1.43. The zero-order valence-corrected chi connectivity index (χ0v) is 10.1. The molecule has 0 bridgehead atoms. The van der Waals surface area contributed by atoms with Gasteiger partial charge in [0.1, 0.15) is 10.4 Å². The van der Waals surface area contributed by atoms with Gasteiger partial charge in [0, 0.05) is 22.3 Å². The molecule has 0 radical (unpaired) electrons. The third-order valence-corrected chi connectivity index (χ3v) is 2.74. The minimum atomic E-state index is 0.607. The summed E-state index contributed by atoms with van der Waals surface area (Å²) in [6, 6.07) is 5.38. The quantitative estimate of drug-likeness (QED) is 0.832. The zero-order chi connectivity index (χ0) is 11.5. The topological polar surface area (TPSA) is 37.9 Å². The van der Waals surface area contributed by atoms with Crippen LogP contribution in [0.25, 0.3) is 11.1 Å². The van der Waals surface area contributed by atoms with Crippen LogP contribution in [0.1, 0.15) is 0 Å². The molecule has 16 heavy (non-hydrogen) atoms. The van der Waals surface area contributed by atoms with E-state index in [9.17, 15) is 0 Å². The number of aromatic amines is 1. The van der Waals surface area contributed by atoms with Crippen molar-refractivity contribution in [3.63, 3.8) is 0 Å². The van der Waals surface area contributed by atoms with Crippen molar-refractivity contribution in [2.45, 2.75) is 0 Å². The number of rotatable bonds is 2. The molecule has 0 aliphatic heterocycles. The van der Waals surface area contributed by atoms with E-state index in [2.05, 4.69) is 9.97 Å². The first-order chi connectivity index (χ1) is 7.72. The maximum atomic E-state index is 5.96. The molecule has 1 aromatic carbocycles. The van der Waals surface area contributed by atoms with Gasteiger partial charge < -0.3 is 9.72 Å². The minimum Gasteiger partial charge on any atom is -0.496 e. The fraction of sp³-hybridized carbons (Fsp3) is 0.0909. The van der Waals surface area contributed by atoms with Crippen molar-refractivity contribution in [1.29, 1.82) is 0 Å². The van der Waals surface area contributed by atoms with E-state index in [1.807, 2.05) is 0 Å². The van der Waals surface area contributed by atoms with Crippen LogP contribution < -0.4 is 4.74 Å². The van der Waals surface area contributed by atoms with Crippen LogP contribution in [0.3, 0.4) is 0 Å². The van der Waals surface area contributed by atoms with Gasteiger partial charge in [-0.2, -0.15) is 0 Å². The minimum absolute atomic E-state index is 0.607. The molecule has 0 saturated carbocycles. The van der Waals surface area contributed by atoms with Crippen LogP contribution in [0, 0.1) is 4.64 Å². The molecule has 0 amide bonds. The highest BCUT2D eigenvalue weighted by atomic mass is 35.5. The average molecular weight is 253 g/mol. The van der Waals surface area contributed by atoms with Gasteiger partial charge in [0.15, 0.2) is 0 Å². The van der Waals surface area contributed by atoms with Gasteiger partial charge >= 0.3 is 0 Å². The number of hydrogen-bond donors (Lipinski definition) is 1. The maximum Gasteiger partial charge on any atom is 0.126 e. The van der Waals surface area contributed by atoms with Gasteiger partial charge in [0.25, 0.3) is 0 Å². The first-order valence-corrected chi connectivity index (χ1v) is 5.37. The van der Waals surface area contributed by atoms with E-state index in [1.165, 1.54) is 0 Å². The monoisotopic (exact) mass is 252 g/mol. The number of methoxy groups -OCH3 is 1. The van der Waals surface area contributed by atoms with E-state index in [0.29, 0.717) is 9.66 Å². The fourth-order valence-corrected chi connectivity index (χ4v) is 1.81. The molecule has 1 aromatic heterocycles. The number of halogens is 1. The SMILES string of the molecule is COc1ccc(Cl)cc1-c1cnc[nH]c1=S. The number of H-pyrrole nitrogens is 1. The lowest BCUT2D eigenvalue weighted by Crippen LogP contribution is -1.90. The van der Waals surface area contributed by atoms with Gasteiger partial charge in [-0.25, -0.2) is 4.98 Å². The van der Waals surface area contributed by atoms with Crippen molar-refractivity contribution in [2.24, 2.45) is 0 Å². The maximum absolute atomic E-state index is 5.96. The summed E-state index contributed by atoms with van der Waals surface area (Å²) < 4.78 is 5.87. The molecule has 1 N–H and O–H groups in total. The third-order valence-electron chi connectivity index (χ3n) is 2.17. The van der Waals surface area contributed by atoms with Crippen molar-refractivity contribution in [3.8, 4) is 16.9 Å². The number of ether oxygens (including phenoxy) is 1. The number of benzene rings is 1. The van der Waals surface area contributed by atoms with Crippen molar-refractivity contribution in [3.05, 3.63) is 40.4 Å². The van der Waals surface area contributed by atoms with Crippen molar-refractivity contribution >= 4 is 23.8 Å². The van der Waals surface area contributed by atoms with Crippen LogP contribution in [0.2, 0.25) is 5.02 Å². The molecule has 0 atom stereocenters. The van der Waals surface area contributed by atoms with Crippen LogP contribution in [-0.2, 0) is 0 Å². The Morgan fingerprint density at radius 1 is 1.38 bits per heavy atom. The van der Waals surface area contributed by atoms with E-state index in [-0.39, 0.29) is 0 Å². The van der Waals surface area contributed by atoms with Gasteiger partial charge in [0.2, 0.25) is 0 Å². The normalized spacial score (nSPS) is 10.1. The van der Waals surface area contributed by atoms with E-state index >= 15 is 0 Å². The van der Waals surface area contributed by atoms with Gasteiger partial charge in [-0.1, -0.05) is 23.8 Å². The molecule has 0 saturated heterocycles. The van der Waals surface area contributed by atoms with Gasteiger partial charge in [-0.3, -0.25) is 0 Å². The lowest BCUT2D eigenvalue weighted by atomic mass is 10.1. The summed E-state index contributed by atoms with van der Waals surface area (Å²) >= 11 is 11.1. The molecule has 0 aliphatic carbocycles. The lowest BCUT2D eigenvalue weighted by Gasteiger charge is -2.08. The van der Waals surface area contributed by atoms with Gasteiger partial charge in [0.05, 0.1) is 13.4 Å². The zero-order valence-electron chi connectivity index (χ0n) is 8.53. The highest BCUT2D eigenvalue weighted by Gasteiger charge is 2.08. The van der Waals surface area contributed by atoms with Crippen molar-refractivity contribution in [2.75, 3.05) is 7.11 Å². The number of nitrogens with zero attached hydrogens (tertiary/aromatic N) is 1. The van der Waals surface area contributed by atoms with E-state index in [4.69, 9.17) is 28.6 Å². The summed E-state index contributed by atoms with van der Waals surface area (Å²) in [6.45, 7) is 0. The van der Waals surface area contributed by atoms with Crippen LogP contribution in [0.5, 0.6) is 5.75 Å². The lowest BCUT2D eigenvalue weighted by molar-refractivity contribution is 0.416. The van der Waals surface area contributed by atoms with Crippen LogP contribution in [-0.4, -0.2) is 17.1 Å². The van der Waals surface area contributed by atoms with Gasteiger partial charge in [-0.05, 0) is 18.2 Å². The molecule has 0 fully saturated rings. The number of hydrogen-bond acceptors (Lipinski definition) is 3. The molecule has 2 rings (SSSR count). The summed E-state index contributed by atoms with van der Waals surface area (Å²) in [4.78, 5) is 6.88. The van der Waals surface area contributed by atoms with Crippen LogP contribution >= 0.6 is 23.8 Å². The Labute approximate surface area is 103 Å². The molecule has 0 unspecified atom stereocenters. The molecular weight excluding hydrogens is 244 g/mol. The smallest absolute Gasteiger partial charge is 0.126 e. The van der Waals surface area contributed by atoms with Crippen LogP contribution in [0.15, 0.2) is 30.7 Å². The Balaban J connectivity index is 2.68. The standard InChI is InChI=1S/C11H9ClN2OS/c1-15-10-3-2-7(12)4-8(10)9-5-13-6-14-11(9)16/h2-6H,1H3,(H,13,14,16). The summed E-state index contributed by atoms with van der Waals surface area (Å²) in [5, 5.41) is 0.633. The molecule has 2 aromatic rings. The Kier molecular flexibility index (Phi) is 3.22. The number of aromatic nitrogens is 2. The Hall–Kier alpha value is -1.39. The Morgan fingerprint density at radius 3 is 2.88 bits per heavy atom. The molecule has 82 valence electrons. The summed E-state index contributed by atoms with van der Waals surface area (Å²) in [6.07, 6.45) is 3.23. The highest BCUT2D eigenvalue weighted by Crippen LogP contribution is 2.32. The van der Waals surface area contributed by atoms with Crippen LogP contribution in [0.4, 0.5) is 0 Å². The highest BCUT2D eigenvalue weighted by molar-refractivity contribution is 7.71. The second kappa shape index (κ2) is 4.63. The molecular formula is C11H9ClN2OS. The summed E-state index contributed by atoms with van der Waals surface area (Å²) in [7, 11) is 1.61. The Morgan fingerprint density at radius 2 is 2.19 bits per heavy atom. The second-order valence-corrected chi connectivity index (χ2v) is 3.98. The largest absolute Gasteiger partial charge is 0.496 e. The molecule has 3 nitrogen and oxygen atoms in total. The van der Waals surface area contributed by atoms with Crippen molar-refractivity contribution < 1.29 is 4.74 Å². The van der Waals surface area contributed by atoms with Crippen molar-refractivity contribution in [1.82, 2.24) is 9.97 Å². The average Bonchev–Trinajstić information content (AvgIpc) is 2.29. The second-order valence-electron chi connectivity index (χ2n) is 3.14. The van der Waals surface area contributed by atoms with E-state index in [1.54, 1.807) is 37.8 Å². The molecule has 5 heteroatoms. The Bertz CT molecular complexity index is 568. The summed E-state index contributed by atoms with van der Waals surface area (Å²) in [5.41, 5.74) is 1.64. The number of nitrogens with one attached hydrogen (secondary N) is 1. The predicted molar refractivity (Wildman–Crippen MR) is 66.4 cm³/mol. The predicted octanol–water partition coefficient (Wildman–Crippen LogP) is 3.47. The van der Waals surface area contributed by atoms with Gasteiger partial charge in [-0.15, -0.1) is 0 Å². The first-order valence-electron chi connectivity index (χ1n) is 4.59. The molecule has 0 spiro atoms. The molecule has 1 heterocycles. The first kappa shape index (κ1) is 11.1.